The first-order chi connectivity index (χ1) is 16.8. The highest BCUT2D eigenvalue weighted by Crippen LogP contribution is 2.44. The molecule has 0 amide bonds. The molecule has 8 atom stereocenters. The Bertz CT molecular complexity index is 910. The summed E-state index contributed by atoms with van der Waals surface area (Å²) in [6, 6.07) is 2.24. The van der Waals surface area contributed by atoms with Gasteiger partial charge in [-0.15, -0.1) is 0 Å². The fourth-order valence-electron chi connectivity index (χ4n) is 6.43. The molecule has 4 aliphatic heterocycles. The zero-order chi connectivity index (χ0) is 24.9. The summed E-state index contributed by atoms with van der Waals surface area (Å²) in [4.78, 5) is 6.89. The maximum atomic E-state index is 14.0. The van der Waals surface area contributed by atoms with Crippen molar-refractivity contribution in [3.8, 4) is 0 Å². The van der Waals surface area contributed by atoms with Crippen LogP contribution in [0.4, 0.5) is 8.78 Å². The normalized spacial score (nSPS) is 38.3. The molecule has 3 fully saturated rings. The number of aliphatic hydroxyl groups excluding tert-OH is 2. The molecular formula is C25H38F2N4O4. The molecule has 0 spiro atoms. The van der Waals surface area contributed by atoms with E-state index < -0.39 is 42.3 Å². The molecule has 0 aliphatic carbocycles. The van der Waals surface area contributed by atoms with Gasteiger partial charge in [-0.05, 0) is 42.5 Å². The SMILES string of the molecule is CCCCN1CN(CCC)C2C(CCN2[C@@H]2O[C@H]([C@@H]3OCc4cc(F)c(F)cc43)[C@@H](O)[C@H]2O)C1N. The van der Waals surface area contributed by atoms with Crippen molar-refractivity contribution in [1.82, 2.24) is 14.7 Å². The van der Waals surface area contributed by atoms with Crippen LogP contribution in [-0.4, -0.2) is 88.1 Å². The van der Waals surface area contributed by atoms with E-state index in [0.717, 1.165) is 57.6 Å². The number of ether oxygens (including phenoxy) is 2. The Balaban J connectivity index is 1.36. The quantitative estimate of drug-likeness (QED) is 0.525. The molecule has 4 N–H and O–H groups in total. The van der Waals surface area contributed by atoms with Crippen LogP contribution in [0.3, 0.4) is 0 Å². The number of fused-ring (bicyclic) bond motifs is 2. The predicted molar refractivity (Wildman–Crippen MR) is 125 cm³/mol. The second-order valence-corrected chi connectivity index (χ2v) is 10.4. The Labute approximate surface area is 205 Å². The van der Waals surface area contributed by atoms with E-state index in [-0.39, 0.29) is 24.9 Å². The van der Waals surface area contributed by atoms with Crippen molar-refractivity contribution >= 4 is 0 Å². The van der Waals surface area contributed by atoms with Gasteiger partial charge < -0.3 is 25.4 Å². The van der Waals surface area contributed by atoms with Gasteiger partial charge in [0.15, 0.2) is 11.6 Å². The van der Waals surface area contributed by atoms with Crippen molar-refractivity contribution in [3.05, 3.63) is 34.9 Å². The Morgan fingerprint density at radius 3 is 2.57 bits per heavy atom. The molecule has 4 aliphatic rings. The standard InChI is InChI=1S/C25H38F2N4O4/c1-3-5-8-29-13-30(7-4-2)24-15(23(29)28)6-9-31(24)25-20(33)19(32)22(35-25)21-16-11-18(27)17(26)10-14(16)12-34-21/h10-11,15,19-25,32-33H,3-9,12-13,28H2,1-2H3/t15?,19-,20+,21+,22-,23?,24?,25+/m0/s1. The average Bonchev–Trinajstić information content (AvgIpc) is 3.52. The highest BCUT2D eigenvalue weighted by Gasteiger charge is 2.56. The van der Waals surface area contributed by atoms with E-state index in [9.17, 15) is 19.0 Å². The van der Waals surface area contributed by atoms with Crippen LogP contribution in [-0.2, 0) is 16.1 Å². The fourth-order valence-corrected chi connectivity index (χ4v) is 6.43. The summed E-state index contributed by atoms with van der Waals surface area (Å²) in [7, 11) is 0. The summed E-state index contributed by atoms with van der Waals surface area (Å²) >= 11 is 0. The van der Waals surface area contributed by atoms with Gasteiger partial charge in [-0.1, -0.05) is 20.3 Å². The van der Waals surface area contributed by atoms with Crippen LogP contribution >= 0.6 is 0 Å². The lowest BCUT2D eigenvalue weighted by molar-refractivity contribution is -0.166. The van der Waals surface area contributed by atoms with Crippen LogP contribution in [0, 0.1) is 17.6 Å². The molecule has 8 nitrogen and oxygen atoms in total. The van der Waals surface area contributed by atoms with Crippen molar-refractivity contribution < 1.29 is 28.5 Å². The monoisotopic (exact) mass is 496 g/mol. The van der Waals surface area contributed by atoms with Crippen molar-refractivity contribution in [2.45, 2.75) is 89.1 Å². The summed E-state index contributed by atoms with van der Waals surface area (Å²) < 4.78 is 39.7. The summed E-state index contributed by atoms with van der Waals surface area (Å²) in [5, 5.41) is 22.0. The number of hydrogen-bond donors (Lipinski definition) is 3. The van der Waals surface area contributed by atoms with E-state index in [1.807, 2.05) is 0 Å². The maximum absolute atomic E-state index is 14.0. The van der Waals surface area contributed by atoms with Crippen molar-refractivity contribution in [1.29, 1.82) is 0 Å². The summed E-state index contributed by atoms with van der Waals surface area (Å²) in [5.41, 5.74) is 7.71. The number of likely N-dealkylation sites (tertiary alicyclic amines) is 1. The maximum Gasteiger partial charge on any atom is 0.159 e. The van der Waals surface area contributed by atoms with Crippen molar-refractivity contribution in [2.75, 3.05) is 26.3 Å². The van der Waals surface area contributed by atoms with Crippen LogP contribution in [0.1, 0.15) is 56.8 Å². The van der Waals surface area contributed by atoms with Crippen LogP contribution in [0.25, 0.3) is 0 Å². The van der Waals surface area contributed by atoms with Gasteiger partial charge in [0.25, 0.3) is 0 Å². The van der Waals surface area contributed by atoms with Crippen molar-refractivity contribution in [2.24, 2.45) is 11.7 Å². The zero-order valence-electron chi connectivity index (χ0n) is 20.5. The minimum Gasteiger partial charge on any atom is -0.387 e. The number of aliphatic hydroxyl groups is 2. The molecule has 5 rings (SSSR count). The number of nitrogens with zero attached hydrogens (tertiary/aromatic N) is 3. The summed E-state index contributed by atoms with van der Waals surface area (Å²) in [5.74, 6) is -1.70. The first-order valence-electron chi connectivity index (χ1n) is 13.0. The largest absolute Gasteiger partial charge is 0.387 e. The lowest BCUT2D eigenvalue weighted by Gasteiger charge is -2.50. The summed E-state index contributed by atoms with van der Waals surface area (Å²) in [6.07, 6.45) is -0.800. The highest BCUT2D eigenvalue weighted by atomic mass is 19.2. The third kappa shape index (κ3) is 4.42. The molecule has 35 heavy (non-hydrogen) atoms. The smallest absolute Gasteiger partial charge is 0.159 e. The number of hydrogen-bond acceptors (Lipinski definition) is 8. The molecule has 0 saturated carbocycles. The molecule has 3 saturated heterocycles. The van der Waals surface area contributed by atoms with Crippen LogP contribution in [0.15, 0.2) is 12.1 Å². The first kappa shape index (κ1) is 25.4. The molecule has 1 aromatic carbocycles. The fraction of sp³-hybridized carbons (Fsp3) is 0.760. The van der Waals surface area contributed by atoms with Crippen LogP contribution in [0.5, 0.6) is 0 Å². The van der Waals surface area contributed by atoms with Gasteiger partial charge in [0, 0.05) is 25.6 Å². The Hall–Kier alpha value is -1.24. The molecular weight excluding hydrogens is 458 g/mol. The van der Waals surface area contributed by atoms with Gasteiger partial charge in [-0.2, -0.15) is 0 Å². The lowest BCUT2D eigenvalue weighted by Crippen LogP contribution is -2.66. The second kappa shape index (κ2) is 10.3. The molecule has 1 aromatic rings. The van der Waals surface area contributed by atoms with Crippen LogP contribution in [0.2, 0.25) is 0 Å². The minimum absolute atomic E-state index is 0.00301. The third-order valence-corrected chi connectivity index (χ3v) is 8.16. The Morgan fingerprint density at radius 2 is 1.83 bits per heavy atom. The molecule has 0 bridgehead atoms. The van der Waals surface area contributed by atoms with Gasteiger partial charge in [0.05, 0.1) is 25.6 Å². The van der Waals surface area contributed by atoms with E-state index in [4.69, 9.17) is 15.2 Å². The Morgan fingerprint density at radius 1 is 1.06 bits per heavy atom. The molecule has 196 valence electrons. The second-order valence-electron chi connectivity index (χ2n) is 10.4. The molecule has 0 radical (unpaired) electrons. The van der Waals surface area contributed by atoms with Gasteiger partial charge in [-0.3, -0.25) is 14.7 Å². The number of unbranched alkanes of at least 4 members (excludes halogenated alkanes) is 1. The number of nitrogens with two attached hydrogens (primary N) is 1. The minimum atomic E-state index is -1.22. The summed E-state index contributed by atoms with van der Waals surface area (Å²) in [6.45, 7) is 7.73. The van der Waals surface area contributed by atoms with Gasteiger partial charge in [-0.25, -0.2) is 8.78 Å². The number of halogens is 2. The molecule has 4 heterocycles. The lowest BCUT2D eigenvalue weighted by atomic mass is 9.96. The van der Waals surface area contributed by atoms with E-state index in [1.54, 1.807) is 0 Å². The molecule has 0 aromatic heterocycles. The zero-order valence-corrected chi connectivity index (χ0v) is 20.5. The van der Waals surface area contributed by atoms with Gasteiger partial charge >= 0.3 is 0 Å². The number of rotatable bonds is 7. The first-order valence-corrected chi connectivity index (χ1v) is 13.0. The topological polar surface area (TPSA) is 94.7 Å². The highest BCUT2D eigenvalue weighted by molar-refractivity contribution is 5.34. The Kier molecular flexibility index (Phi) is 7.45. The van der Waals surface area contributed by atoms with E-state index in [1.165, 1.54) is 0 Å². The van der Waals surface area contributed by atoms with E-state index >= 15 is 0 Å². The third-order valence-electron chi connectivity index (χ3n) is 8.16. The van der Waals surface area contributed by atoms with E-state index in [0.29, 0.717) is 17.7 Å². The predicted octanol–water partition coefficient (Wildman–Crippen LogP) is 1.70. The molecule has 10 heteroatoms. The van der Waals surface area contributed by atoms with Crippen LogP contribution < -0.4 is 5.73 Å². The molecule has 3 unspecified atom stereocenters. The van der Waals surface area contributed by atoms with Gasteiger partial charge in [0.2, 0.25) is 0 Å². The number of benzene rings is 1. The van der Waals surface area contributed by atoms with E-state index in [2.05, 4.69) is 28.5 Å². The average molecular weight is 497 g/mol. The van der Waals surface area contributed by atoms with Gasteiger partial charge in [0.1, 0.15) is 30.6 Å². The van der Waals surface area contributed by atoms with Crippen molar-refractivity contribution in [3.63, 3.8) is 0 Å².